The number of hydrogen-bond acceptors (Lipinski definition) is 13. The van der Waals surface area contributed by atoms with E-state index >= 15 is 0 Å². The number of carbonyl (C=O) groups excluding carboxylic acids is 4. The lowest BCUT2D eigenvalue weighted by atomic mass is 9.92. The first kappa shape index (κ1) is 84.7. The van der Waals surface area contributed by atoms with Crippen molar-refractivity contribution in [3.05, 3.63) is 0 Å². The van der Waals surface area contributed by atoms with Gasteiger partial charge in [-0.2, -0.15) is 0 Å². The molecule has 0 radical (unpaired) electrons. The zero-order chi connectivity index (χ0) is 64.9. The third kappa shape index (κ3) is 51.7. The van der Waals surface area contributed by atoms with Crippen molar-refractivity contribution in [3.8, 4) is 0 Å². The molecule has 0 aromatic carbocycles. The molecule has 13 nitrogen and oxygen atoms in total. The molecule has 0 saturated carbocycles. The average Bonchev–Trinajstić information content (AvgIpc) is 2.17. The Bertz CT molecular complexity index is 1550. The van der Waals surface area contributed by atoms with E-state index in [4.69, 9.17) is 37.9 Å². The molecule has 89 heavy (non-hydrogen) atoms. The van der Waals surface area contributed by atoms with Crippen LogP contribution in [-0.4, -0.2) is 120 Å². The van der Waals surface area contributed by atoms with Gasteiger partial charge < -0.3 is 42.8 Å². The summed E-state index contributed by atoms with van der Waals surface area (Å²) < 4.78 is 49.4. The Morgan fingerprint density at radius 1 is 0.315 bits per heavy atom. The first-order chi connectivity index (χ1) is 43.5. The van der Waals surface area contributed by atoms with E-state index in [0.717, 1.165) is 135 Å². The van der Waals surface area contributed by atoms with Crippen LogP contribution in [-0.2, 0) is 57.1 Å². The maximum atomic E-state index is 12.9. The maximum absolute atomic E-state index is 12.9. The summed E-state index contributed by atoms with van der Waals surface area (Å²) in [5, 5.41) is 0. The van der Waals surface area contributed by atoms with Crippen LogP contribution >= 0.6 is 0 Å². The van der Waals surface area contributed by atoms with Crippen molar-refractivity contribution in [1.82, 2.24) is 4.90 Å². The Kier molecular flexibility index (Phi) is 60.0. The van der Waals surface area contributed by atoms with E-state index < -0.39 is 24.6 Å². The third-order valence-corrected chi connectivity index (χ3v) is 18.3. The lowest BCUT2D eigenvalue weighted by molar-refractivity contribution is -0.184. The molecule has 1 aliphatic heterocycles. The molecule has 1 aliphatic rings. The highest BCUT2D eigenvalue weighted by molar-refractivity contribution is 5.70. The molecular weight excluding hydrogens is 1120 g/mol. The van der Waals surface area contributed by atoms with Crippen molar-refractivity contribution < 1.29 is 57.1 Å². The molecule has 13 heteroatoms. The molecule has 0 aliphatic carbocycles. The van der Waals surface area contributed by atoms with Crippen LogP contribution in [0.1, 0.15) is 356 Å². The monoisotopic (exact) mass is 1260 g/mol. The van der Waals surface area contributed by atoms with Crippen LogP contribution in [0, 0.1) is 17.8 Å². The normalized spacial score (nSPS) is 16.0. The summed E-state index contributed by atoms with van der Waals surface area (Å²) in [4.78, 5) is 52.7. The second kappa shape index (κ2) is 63.1. The Morgan fingerprint density at radius 2 is 0.607 bits per heavy atom. The van der Waals surface area contributed by atoms with Crippen LogP contribution in [0.25, 0.3) is 0 Å². The zero-order valence-corrected chi connectivity index (χ0v) is 59.7. The predicted octanol–water partition coefficient (Wildman–Crippen LogP) is 20.3. The third-order valence-electron chi connectivity index (χ3n) is 18.3. The van der Waals surface area contributed by atoms with E-state index in [1.54, 1.807) is 0 Å². The van der Waals surface area contributed by atoms with Crippen LogP contribution in [0.5, 0.6) is 0 Å². The number of nitrogens with zero attached hydrogens (tertiary/aromatic N) is 1. The molecule has 1 heterocycles. The number of carbonyl (C=O) groups is 4. The molecular formula is C76H145NO12. The van der Waals surface area contributed by atoms with Gasteiger partial charge in [0.05, 0.1) is 26.2 Å². The second-order valence-corrected chi connectivity index (χ2v) is 27.0. The summed E-state index contributed by atoms with van der Waals surface area (Å²) in [7, 11) is 3.89. The van der Waals surface area contributed by atoms with Gasteiger partial charge in [-0.05, 0) is 89.6 Å². The topological polar surface area (TPSA) is 145 Å². The van der Waals surface area contributed by atoms with Crippen molar-refractivity contribution in [3.63, 3.8) is 0 Å². The van der Waals surface area contributed by atoms with Crippen LogP contribution in [0.3, 0.4) is 0 Å². The SMILES string of the molecule is CCCCCC(CCCCC)CCOC(=O)CCCCCCCCOC1OC(COC(=O)CCN(C)C)C(OCCCCCCCCC(=O)OCCC(CCCCC)CCCCC)C1OCCCCCCCCC(=O)OCCC(CCCCC)CCCCC. The van der Waals surface area contributed by atoms with E-state index in [1.807, 2.05) is 19.0 Å². The van der Waals surface area contributed by atoms with E-state index in [0.29, 0.717) is 83.2 Å². The largest absolute Gasteiger partial charge is 0.466 e. The minimum Gasteiger partial charge on any atom is -0.466 e. The van der Waals surface area contributed by atoms with E-state index in [2.05, 4.69) is 41.5 Å². The highest BCUT2D eigenvalue weighted by Gasteiger charge is 2.47. The average molecular weight is 1260 g/mol. The lowest BCUT2D eigenvalue weighted by Gasteiger charge is -2.25. The van der Waals surface area contributed by atoms with Gasteiger partial charge in [0.1, 0.15) is 24.9 Å². The molecule has 0 bridgehead atoms. The number of rotatable bonds is 68. The fourth-order valence-corrected chi connectivity index (χ4v) is 12.4. The van der Waals surface area contributed by atoms with E-state index in [1.165, 1.54) is 154 Å². The van der Waals surface area contributed by atoms with Crippen molar-refractivity contribution in [1.29, 1.82) is 0 Å². The number of unbranched alkanes of at least 4 members (excludes halogenated alkanes) is 27. The number of hydrogen-bond donors (Lipinski definition) is 0. The summed E-state index contributed by atoms with van der Waals surface area (Å²) in [5.41, 5.74) is 0. The maximum Gasteiger partial charge on any atom is 0.307 e. The van der Waals surface area contributed by atoms with Gasteiger partial charge in [-0.25, -0.2) is 0 Å². The molecule has 4 atom stereocenters. The fourth-order valence-electron chi connectivity index (χ4n) is 12.4. The molecule has 1 rings (SSSR count). The first-order valence-electron chi connectivity index (χ1n) is 38.3. The molecule has 1 fully saturated rings. The molecule has 1 saturated heterocycles. The van der Waals surface area contributed by atoms with Crippen molar-refractivity contribution in [2.24, 2.45) is 17.8 Å². The highest BCUT2D eigenvalue weighted by Crippen LogP contribution is 2.30. The molecule has 0 aromatic rings. The van der Waals surface area contributed by atoms with Crippen molar-refractivity contribution in [2.45, 2.75) is 381 Å². The molecule has 526 valence electrons. The van der Waals surface area contributed by atoms with Gasteiger partial charge in [-0.1, -0.05) is 273 Å². The minimum atomic E-state index is -0.656. The Labute approximate surface area is 548 Å². The summed E-state index contributed by atoms with van der Waals surface area (Å²) in [6.45, 7) is 17.4. The van der Waals surface area contributed by atoms with Crippen LogP contribution in [0.15, 0.2) is 0 Å². The number of esters is 4. The van der Waals surface area contributed by atoms with Gasteiger partial charge in [-0.3, -0.25) is 19.2 Å². The Hall–Kier alpha value is -2.32. The minimum absolute atomic E-state index is 0.0567. The van der Waals surface area contributed by atoms with Gasteiger partial charge in [0.25, 0.3) is 0 Å². The second-order valence-electron chi connectivity index (χ2n) is 27.0. The summed E-state index contributed by atoms with van der Waals surface area (Å²) in [6, 6.07) is 0. The summed E-state index contributed by atoms with van der Waals surface area (Å²) in [5.74, 6) is 1.55. The van der Waals surface area contributed by atoms with Crippen LogP contribution in [0.4, 0.5) is 0 Å². The highest BCUT2D eigenvalue weighted by atomic mass is 16.7. The van der Waals surface area contributed by atoms with Crippen LogP contribution in [0.2, 0.25) is 0 Å². The Morgan fingerprint density at radius 3 is 0.933 bits per heavy atom. The Balaban J connectivity index is 2.78. The zero-order valence-electron chi connectivity index (χ0n) is 59.7. The van der Waals surface area contributed by atoms with Gasteiger partial charge in [-0.15, -0.1) is 0 Å². The molecule has 0 aromatic heterocycles. The predicted molar refractivity (Wildman–Crippen MR) is 367 cm³/mol. The van der Waals surface area contributed by atoms with Crippen molar-refractivity contribution in [2.75, 3.05) is 66.9 Å². The molecule has 0 amide bonds. The van der Waals surface area contributed by atoms with E-state index in [-0.39, 0.29) is 36.9 Å². The molecule has 4 unspecified atom stereocenters. The standard InChI is InChI=1S/C76H145NO12/c1-9-15-33-45-66(46-34-16-10-2)55-62-82-70(78)51-39-27-21-24-30-42-59-85-74-69(65-88-73(81)54-58-77(7)8)89-76(87-61-44-32-26-23-29-41-53-72(80)84-64-57-68(49-37-19-13-5)50-38-20-14-6)75(74)86-60-43-31-25-22-28-40-52-71(79)83-63-56-67(47-35-17-11-3)48-36-18-12-4/h66-69,74-76H,9-65H2,1-8H3. The van der Waals surface area contributed by atoms with Gasteiger partial charge in [0.15, 0.2) is 6.29 Å². The van der Waals surface area contributed by atoms with E-state index in [9.17, 15) is 19.2 Å². The molecule has 0 N–H and O–H groups in total. The smallest absolute Gasteiger partial charge is 0.307 e. The quantitative estimate of drug-likeness (QED) is 0.0324. The summed E-state index contributed by atoms with van der Waals surface area (Å²) in [6.07, 6.45) is 50.5. The molecule has 0 spiro atoms. The fraction of sp³-hybridized carbons (Fsp3) is 0.947. The van der Waals surface area contributed by atoms with Gasteiger partial charge >= 0.3 is 23.9 Å². The lowest BCUT2D eigenvalue weighted by Crippen LogP contribution is -2.40. The summed E-state index contributed by atoms with van der Waals surface area (Å²) >= 11 is 0. The first-order valence-corrected chi connectivity index (χ1v) is 38.3. The van der Waals surface area contributed by atoms with Gasteiger partial charge in [0.2, 0.25) is 0 Å². The van der Waals surface area contributed by atoms with Crippen molar-refractivity contribution >= 4 is 23.9 Å². The van der Waals surface area contributed by atoms with Crippen LogP contribution < -0.4 is 0 Å². The van der Waals surface area contributed by atoms with Gasteiger partial charge in [0, 0.05) is 45.6 Å². The number of ether oxygens (including phenoxy) is 8.